The maximum Gasteiger partial charge on any atom is 0.371 e. The minimum atomic E-state index is -1.04. The number of hydrogen-bond acceptors (Lipinski definition) is 4. The zero-order valence-corrected chi connectivity index (χ0v) is 10.6. The van der Waals surface area contributed by atoms with Gasteiger partial charge in [0, 0.05) is 12.1 Å². The summed E-state index contributed by atoms with van der Waals surface area (Å²) in [5.74, 6) is 0.116. The van der Waals surface area contributed by atoms with Gasteiger partial charge in [-0.15, -0.1) is 0 Å². The molecule has 5 nitrogen and oxygen atoms in total. The minimum Gasteiger partial charge on any atom is -0.475 e. The van der Waals surface area contributed by atoms with Crippen LogP contribution in [0.3, 0.4) is 0 Å². The molecule has 0 radical (unpaired) electrons. The van der Waals surface area contributed by atoms with E-state index in [1.54, 1.807) is 6.92 Å². The van der Waals surface area contributed by atoms with Crippen molar-refractivity contribution >= 4 is 5.97 Å². The van der Waals surface area contributed by atoms with Gasteiger partial charge in [0.25, 0.3) is 0 Å². The summed E-state index contributed by atoms with van der Waals surface area (Å²) in [6.45, 7) is 4.98. The van der Waals surface area contributed by atoms with Crippen molar-refractivity contribution in [3.8, 4) is 0 Å². The number of carboxylic acids is 1. The van der Waals surface area contributed by atoms with E-state index >= 15 is 0 Å². The number of rotatable bonds is 5. The molecule has 1 aliphatic heterocycles. The SMILES string of the molecule is Cc1oc(C(=O)O)cc1COCC1CCCNC1. The lowest BCUT2D eigenvalue weighted by molar-refractivity contribution is 0.0661. The summed E-state index contributed by atoms with van der Waals surface area (Å²) < 4.78 is 10.8. The zero-order chi connectivity index (χ0) is 13.0. The van der Waals surface area contributed by atoms with E-state index in [0.717, 1.165) is 18.7 Å². The van der Waals surface area contributed by atoms with Crippen LogP contribution in [0.4, 0.5) is 0 Å². The van der Waals surface area contributed by atoms with Crippen LogP contribution in [0.15, 0.2) is 10.5 Å². The number of furan rings is 1. The molecule has 2 heterocycles. The average Bonchev–Trinajstić information content (AvgIpc) is 2.73. The van der Waals surface area contributed by atoms with Crippen LogP contribution in [0.5, 0.6) is 0 Å². The van der Waals surface area contributed by atoms with Gasteiger partial charge in [-0.2, -0.15) is 0 Å². The fourth-order valence-electron chi connectivity index (χ4n) is 2.17. The molecule has 18 heavy (non-hydrogen) atoms. The molecule has 2 N–H and O–H groups in total. The highest BCUT2D eigenvalue weighted by Crippen LogP contribution is 2.17. The molecule has 1 unspecified atom stereocenters. The van der Waals surface area contributed by atoms with Gasteiger partial charge in [-0.25, -0.2) is 4.79 Å². The van der Waals surface area contributed by atoms with E-state index < -0.39 is 5.97 Å². The number of aryl methyl sites for hydroxylation is 1. The molecule has 1 fully saturated rings. The van der Waals surface area contributed by atoms with Crippen molar-refractivity contribution in [2.24, 2.45) is 5.92 Å². The number of nitrogens with one attached hydrogen (secondary N) is 1. The number of piperidine rings is 1. The highest BCUT2D eigenvalue weighted by atomic mass is 16.5. The normalized spacial score (nSPS) is 19.9. The van der Waals surface area contributed by atoms with Crippen molar-refractivity contribution in [2.75, 3.05) is 19.7 Å². The van der Waals surface area contributed by atoms with Crippen molar-refractivity contribution in [1.29, 1.82) is 0 Å². The standard InChI is InChI=1S/C13H19NO4/c1-9-11(5-12(18-9)13(15)16)8-17-7-10-3-2-4-14-6-10/h5,10,14H,2-4,6-8H2,1H3,(H,15,16). The van der Waals surface area contributed by atoms with Crippen LogP contribution in [0.1, 0.15) is 34.7 Å². The van der Waals surface area contributed by atoms with E-state index in [1.165, 1.54) is 18.9 Å². The van der Waals surface area contributed by atoms with Gasteiger partial charge >= 0.3 is 5.97 Å². The van der Waals surface area contributed by atoms with E-state index in [9.17, 15) is 4.79 Å². The van der Waals surface area contributed by atoms with Crippen LogP contribution in [0.2, 0.25) is 0 Å². The monoisotopic (exact) mass is 253 g/mol. The second-order valence-electron chi connectivity index (χ2n) is 4.72. The van der Waals surface area contributed by atoms with E-state index in [-0.39, 0.29) is 5.76 Å². The van der Waals surface area contributed by atoms with Crippen LogP contribution in [0.25, 0.3) is 0 Å². The van der Waals surface area contributed by atoms with E-state index in [2.05, 4.69) is 5.32 Å². The molecule has 0 aromatic carbocycles. The summed E-state index contributed by atoms with van der Waals surface area (Å²) in [6.07, 6.45) is 2.39. The number of hydrogen-bond donors (Lipinski definition) is 2. The van der Waals surface area contributed by atoms with Crippen molar-refractivity contribution in [2.45, 2.75) is 26.4 Å². The molecular weight excluding hydrogens is 234 g/mol. The number of carboxylic acid groups (broad SMARTS) is 1. The van der Waals surface area contributed by atoms with Crippen LogP contribution in [-0.4, -0.2) is 30.8 Å². The Morgan fingerprint density at radius 2 is 2.50 bits per heavy atom. The quantitative estimate of drug-likeness (QED) is 0.837. The summed E-state index contributed by atoms with van der Waals surface area (Å²) in [7, 11) is 0. The number of ether oxygens (including phenoxy) is 1. The first-order valence-corrected chi connectivity index (χ1v) is 6.28. The Kier molecular flexibility index (Phi) is 4.38. The van der Waals surface area contributed by atoms with Gasteiger partial charge in [0.2, 0.25) is 5.76 Å². The van der Waals surface area contributed by atoms with Crippen LogP contribution < -0.4 is 5.32 Å². The lowest BCUT2D eigenvalue weighted by Crippen LogP contribution is -2.32. The zero-order valence-electron chi connectivity index (χ0n) is 10.6. The Labute approximate surface area is 106 Å². The third-order valence-electron chi connectivity index (χ3n) is 3.24. The van der Waals surface area contributed by atoms with E-state index in [0.29, 0.717) is 24.9 Å². The topological polar surface area (TPSA) is 71.7 Å². The summed E-state index contributed by atoms with van der Waals surface area (Å²) in [5, 5.41) is 12.1. The first kappa shape index (κ1) is 13.1. The van der Waals surface area contributed by atoms with Gasteiger partial charge in [-0.05, 0) is 38.3 Å². The van der Waals surface area contributed by atoms with Gasteiger partial charge in [0.1, 0.15) is 5.76 Å². The Hall–Kier alpha value is -1.33. The van der Waals surface area contributed by atoms with Gasteiger partial charge in [-0.3, -0.25) is 0 Å². The molecule has 1 atom stereocenters. The van der Waals surface area contributed by atoms with Gasteiger partial charge in [-0.1, -0.05) is 0 Å². The first-order chi connectivity index (χ1) is 8.66. The summed E-state index contributed by atoms with van der Waals surface area (Å²) in [4.78, 5) is 10.7. The summed E-state index contributed by atoms with van der Waals surface area (Å²) in [6, 6.07) is 1.54. The van der Waals surface area contributed by atoms with Crippen LogP contribution in [-0.2, 0) is 11.3 Å². The highest BCUT2D eigenvalue weighted by molar-refractivity contribution is 5.84. The average molecular weight is 253 g/mol. The highest BCUT2D eigenvalue weighted by Gasteiger charge is 2.15. The van der Waals surface area contributed by atoms with E-state index in [1.807, 2.05) is 0 Å². The van der Waals surface area contributed by atoms with Crippen molar-refractivity contribution in [3.63, 3.8) is 0 Å². The molecule has 1 aliphatic rings. The third kappa shape index (κ3) is 3.34. The molecule has 0 bridgehead atoms. The summed E-state index contributed by atoms with van der Waals surface area (Å²) in [5.41, 5.74) is 0.816. The molecule has 0 saturated carbocycles. The molecule has 1 aromatic heterocycles. The van der Waals surface area contributed by atoms with Crippen molar-refractivity contribution in [3.05, 3.63) is 23.2 Å². The van der Waals surface area contributed by atoms with E-state index in [4.69, 9.17) is 14.3 Å². The maximum atomic E-state index is 10.7. The number of aromatic carboxylic acids is 1. The second kappa shape index (κ2) is 6.02. The molecule has 0 amide bonds. The largest absolute Gasteiger partial charge is 0.475 e. The molecule has 5 heteroatoms. The van der Waals surface area contributed by atoms with Crippen LogP contribution in [0, 0.1) is 12.8 Å². The summed E-state index contributed by atoms with van der Waals surface area (Å²) >= 11 is 0. The smallest absolute Gasteiger partial charge is 0.371 e. The first-order valence-electron chi connectivity index (χ1n) is 6.28. The fraction of sp³-hybridized carbons (Fsp3) is 0.615. The second-order valence-corrected chi connectivity index (χ2v) is 4.72. The Morgan fingerprint density at radius 1 is 1.67 bits per heavy atom. The molecule has 1 saturated heterocycles. The fourth-order valence-corrected chi connectivity index (χ4v) is 2.17. The molecule has 0 spiro atoms. The third-order valence-corrected chi connectivity index (χ3v) is 3.24. The predicted molar refractivity (Wildman–Crippen MR) is 65.7 cm³/mol. The molecule has 0 aliphatic carbocycles. The van der Waals surface area contributed by atoms with Gasteiger partial charge < -0.3 is 19.6 Å². The van der Waals surface area contributed by atoms with Crippen LogP contribution >= 0.6 is 0 Å². The van der Waals surface area contributed by atoms with Crippen molar-refractivity contribution < 1.29 is 19.1 Å². The van der Waals surface area contributed by atoms with Gasteiger partial charge in [0.15, 0.2) is 0 Å². The Morgan fingerprint density at radius 3 is 3.11 bits per heavy atom. The minimum absolute atomic E-state index is 0.0227. The number of carbonyl (C=O) groups is 1. The predicted octanol–water partition coefficient (Wildman–Crippen LogP) is 1.80. The van der Waals surface area contributed by atoms with Crippen molar-refractivity contribution in [1.82, 2.24) is 5.32 Å². The van der Waals surface area contributed by atoms with Gasteiger partial charge in [0.05, 0.1) is 13.2 Å². The molecule has 1 aromatic rings. The maximum absolute atomic E-state index is 10.7. The molecule has 2 rings (SSSR count). The Bertz CT molecular complexity index is 407. The molecular formula is C13H19NO4. The molecule has 100 valence electrons. The Balaban J connectivity index is 1.80. The lowest BCUT2D eigenvalue weighted by Gasteiger charge is -2.22. The lowest BCUT2D eigenvalue weighted by atomic mass is 10.0.